The van der Waals surface area contributed by atoms with Crippen LogP contribution >= 0.6 is 0 Å². The van der Waals surface area contributed by atoms with Crippen LogP contribution in [0.1, 0.15) is 0 Å². The number of alkyl halides is 3. The fourth-order valence-corrected chi connectivity index (χ4v) is 1.00. The van der Waals surface area contributed by atoms with Gasteiger partial charge in [0.05, 0.1) is 11.6 Å². The molecule has 1 rings (SSSR count). The molecule has 2 nitrogen and oxygen atoms in total. The van der Waals surface area contributed by atoms with Gasteiger partial charge in [0.2, 0.25) is 0 Å². The molecule has 0 radical (unpaired) electrons. The lowest BCUT2D eigenvalue weighted by molar-refractivity contribution is -0.0898. The first-order valence-corrected chi connectivity index (χ1v) is 3.47. The van der Waals surface area contributed by atoms with Gasteiger partial charge in [-0.1, -0.05) is 6.58 Å². The minimum atomic E-state index is -4.47. The van der Waals surface area contributed by atoms with E-state index in [-0.39, 0.29) is 11.3 Å². The molecule has 0 aromatic carbocycles. The van der Waals surface area contributed by atoms with Gasteiger partial charge in [0.1, 0.15) is 5.76 Å². The average Bonchev–Trinajstić information content (AvgIpc) is 1.98. The molecule has 1 aliphatic rings. The van der Waals surface area contributed by atoms with E-state index in [9.17, 15) is 13.2 Å². The lowest BCUT2D eigenvalue weighted by Gasteiger charge is -2.22. The Bertz CT molecular complexity index is 301. The van der Waals surface area contributed by atoms with Crippen molar-refractivity contribution < 1.29 is 18.3 Å². The van der Waals surface area contributed by atoms with E-state index in [2.05, 4.69) is 6.58 Å². The lowest BCUT2D eigenvalue weighted by atomic mass is 9.94. The summed E-state index contributed by atoms with van der Waals surface area (Å²) in [6.45, 7) is 3.18. The second-order valence-electron chi connectivity index (χ2n) is 2.67. The molecule has 1 unspecified atom stereocenters. The van der Waals surface area contributed by atoms with Gasteiger partial charge >= 0.3 is 6.18 Å². The fraction of sp³-hybridized carbons (Fsp3) is 0.250. The smallest absolute Gasteiger partial charge is 0.416 e. The summed E-state index contributed by atoms with van der Waals surface area (Å²) in [6.07, 6.45) is -2.77. The Balaban J connectivity index is 3.08. The van der Waals surface area contributed by atoms with Gasteiger partial charge in [-0.2, -0.15) is 13.2 Å². The third-order valence-electron chi connectivity index (χ3n) is 1.77. The first-order chi connectivity index (χ1) is 5.84. The summed E-state index contributed by atoms with van der Waals surface area (Å²) in [6, 6.07) is -1.15. The molecule has 3 N–H and O–H groups in total. The average molecular weight is 191 g/mol. The zero-order valence-corrected chi connectivity index (χ0v) is 6.60. The third-order valence-corrected chi connectivity index (χ3v) is 1.77. The topological polar surface area (TPSA) is 46.2 Å². The fourth-order valence-electron chi connectivity index (χ4n) is 1.00. The van der Waals surface area contributed by atoms with Gasteiger partial charge < -0.3 is 10.8 Å². The first kappa shape index (κ1) is 9.85. The predicted octanol–water partition coefficient (Wildman–Crippen LogP) is 1.81. The van der Waals surface area contributed by atoms with Crippen LogP contribution in [0.2, 0.25) is 0 Å². The minimum Gasteiger partial charge on any atom is -0.510 e. The van der Waals surface area contributed by atoms with Crippen molar-refractivity contribution in [1.29, 1.82) is 0 Å². The number of halogens is 3. The number of allylic oxidation sites excluding steroid dienone is 2. The highest BCUT2D eigenvalue weighted by Gasteiger charge is 2.38. The molecule has 5 heteroatoms. The van der Waals surface area contributed by atoms with Gasteiger partial charge in [0.25, 0.3) is 0 Å². The van der Waals surface area contributed by atoms with Crippen LogP contribution in [0.3, 0.4) is 0 Å². The van der Waals surface area contributed by atoms with Gasteiger partial charge in [-0.25, -0.2) is 0 Å². The Kier molecular flexibility index (Phi) is 2.21. The summed E-state index contributed by atoms with van der Waals surface area (Å²) in [5, 5.41) is 8.99. The van der Waals surface area contributed by atoms with E-state index in [1.54, 1.807) is 0 Å². The number of hydrogen-bond acceptors (Lipinski definition) is 2. The molecule has 0 aromatic heterocycles. The van der Waals surface area contributed by atoms with Crippen LogP contribution < -0.4 is 5.73 Å². The SMILES string of the molecule is C=C1C(C(F)(F)F)=CC=C(O)C1N. The third kappa shape index (κ3) is 1.75. The van der Waals surface area contributed by atoms with Crippen molar-refractivity contribution in [2.75, 3.05) is 0 Å². The summed E-state index contributed by atoms with van der Waals surface area (Å²) >= 11 is 0. The van der Waals surface area contributed by atoms with Crippen molar-refractivity contribution in [3.05, 3.63) is 35.6 Å². The van der Waals surface area contributed by atoms with Crippen LogP contribution in [-0.2, 0) is 0 Å². The quantitative estimate of drug-likeness (QED) is 0.613. The molecule has 0 spiro atoms. The number of aliphatic hydroxyl groups is 1. The molecule has 13 heavy (non-hydrogen) atoms. The minimum absolute atomic E-state index is 0.307. The zero-order valence-electron chi connectivity index (χ0n) is 6.60. The normalized spacial score (nSPS) is 24.0. The number of nitrogens with two attached hydrogens (primary N) is 1. The van der Waals surface area contributed by atoms with Crippen LogP contribution in [0.25, 0.3) is 0 Å². The molecule has 0 amide bonds. The van der Waals surface area contributed by atoms with Crippen molar-refractivity contribution in [3.8, 4) is 0 Å². The van der Waals surface area contributed by atoms with Crippen LogP contribution in [0.15, 0.2) is 35.6 Å². The van der Waals surface area contributed by atoms with Crippen LogP contribution in [-0.4, -0.2) is 17.3 Å². The molecule has 0 saturated heterocycles. The molecule has 1 atom stereocenters. The lowest BCUT2D eigenvalue weighted by Crippen LogP contribution is -2.31. The maximum Gasteiger partial charge on any atom is 0.416 e. The highest BCUT2D eigenvalue weighted by molar-refractivity contribution is 5.46. The van der Waals surface area contributed by atoms with Crippen molar-refractivity contribution in [1.82, 2.24) is 0 Å². The molecular weight excluding hydrogens is 183 g/mol. The van der Waals surface area contributed by atoms with Gasteiger partial charge in [0.15, 0.2) is 0 Å². The number of rotatable bonds is 0. The number of hydrogen-bond donors (Lipinski definition) is 2. The Labute approximate surface area is 72.8 Å². The zero-order chi connectivity index (χ0) is 10.2. The summed E-state index contributed by atoms with van der Waals surface area (Å²) in [5.74, 6) is -0.307. The van der Waals surface area contributed by atoms with Crippen molar-refractivity contribution in [2.45, 2.75) is 12.2 Å². The highest BCUT2D eigenvalue weighted by atomic mass is 19.4. The molecule has 0 saturated carbocycles. The molecule has 0 fully saturated rings. The van der Waals surface area contributed by atoms with E-state index < -0.39 is 17.8 Å². The molecule has 0 bridgehead atoms. The Morgan fingerprint density at radius 2 is 1.92 bits per heavy atom. The van der Waals surface area contributed by atoms with Crippen molar-refractivity contribution >= 4 is 0 Å². The Hall–Kier alpha value is -1.23. The van der Waals surface area contributed by atoms with Crippen LogP contribution in [0.5, 0.6) is 0 Å². The van der Waals surface area contributed by atoms with E-state index in [0.717, 1.165) is 12.2 Å². The van der Waals surface area contributed by atoms with E-state index in [0.29, 0.717) is 0 Å². The molecule has 0 aliphatic heterocycles. The Morgan fingerprint density at radius 1 is 1.38 bits per heavy atom. The van der Waals surface area contributed by atoms with Gasteiger partial charge in [0, 0.05) is 0 Å². The van der Waals surface area contributed by atoms with E-state index in [4.69, 9.17) is 10.8 Å². The maximum atomic E-state index is 12.2. The molecule has 0 aromatic rings. The van der Waals surface area contributed by atoms with E-state index in [1.807, 2.05) is 0 Å². The second kappa shape index (κ2) is 2.92. The second-order valence-corrected chi connectivity index (χ2v) is 2.67. The maximum absolute atomic E-state index is 12.2. The van der Waals surface area contributed by atoms with Crippen LogP contribution in [0, 0.1) is 0 Å². The number of aliphatic hydroxyl groups excluding tert-OH is 1. The van der Waals surface area contributed by atoms with Crippen molar-refractivity contribution in [2.24, 2.45) is 5.73 Å². The van der Waals surface area contributed by atoms with Gasteiger partial charge in [-0.3, -0.25) is 0 Å². The first-order valence-electron chi connectivity index (χ1n) is 3.47. The largest absolute Gasteiger partial charge is 0.510 e. The molecule has 72 valence electrons. The van der Waals surface area contributed by atoms with Crippen molar-refractivity contribution in [3.63, 3.8) is 0 Å². The summed E-state index contributed by atoms with van der Waals surface area (Å²) in [4.78, 5) is 0. The van der Waals surface area contributed by atoms with Gasteiger partial charge in [-0.05, 0) is 17.7 Å². The van der Waals surface area contributed by atoms with E-state index in [1.165, 1.54) is 0 Å². The molecule has 1 aliphatic carbocycles. The summed E-state index contributed by atoms with van der Waals surface area (Å²) in [7, 11) is 0. The predicted molar refractivity (Wildman–Crippen MR) is 42.0 cm³/mol. The standard InChI is InChI=1S/C8H8F3NO/c1-4-5(8(9,10)11)2-3-6(13)7(4)12/h2-3,7,13H,1,12H2. The van der Waals surface area contributed by atoms with Crippen LogP contribution in [0.4, 0.5) is 13.2 Å². The van der Waals surface area contributed by atoms with Gasteiger partial charge in [-0.15, -0.1) is 0 Å². The summed E-state index contributed by atoms with van der Waals surface area (Å²) < 4.78 is 36.6. The summed E-state index contributed by atoms with van der Waals surface area (Å²) in [5.41, 5.74) is 4.05. The molecule has 0 heterocycles. The van der Waals surface area contributed by atoms with E-state index >= 15 is 0 Å². The highest BCUT2D eigenvalue weighted by Crippen LogP contribution is 2.34. The monoisotopic (exact) mass is 191 g/mol. The molecular formula is C8H8F3NO. The Morgan fingerprint density at radius 3 is 2.38 bits per heavy atom.